The van der Waals surface area contributed by atoms with E-state index in [9.17, 15) is 4.79 Å². The van der Waals surface area contributed by atoms with Crippen molar-refractivity contribution in [2.45, 2.75) is 4.90 Å². The quantitative estimate of drug-likeness (QED) is 0.675. The number of halogens is 1. The van der Waals surface area contributed by atoms with Gasteiger partial charge in [0, 0.05) is 21.2 Å². The van der Waals surface area contributed by atoms with Crippen LogP contribution in [0.3, 0.4) is 0 Å². The lowest BCUT2D eigenvalue weighted by molar-refractivity contribution is 0.102. The number of aromatic amines is 1. The van der Waals surface area contributed by atoms with Crippen LogP contribution < -0.4 is 5.32 Å². The third-order valence-corrected chi connectivity index (χ3v) is 4.32. The number of nitrogens with one attached hydrogen (secondary N) is 2. The molecule has 0 atom stereocenters. The average molecular weight is 344 g/mol. The van der Waals surface area contributed by atoms with Crippen LogP contribution in [0.15, 0.2) is 59.6 Å². The molecule has 1 heterocycles. The number of hydrogen-bond donors (Lipinski definition) is 2. The highest BCUT2D eigenvalue weighted by Crippen LogP contribution is 2.24. The van der Waals surface area contributed by atoms with Gasteiger partial charge in [0.1, 0.15) is 0 Å². The third-order valence-electron chi connectivity index (χ3n) is 3.34. The van der Waals surface area contributed by atoms with E-state index in [1.165, 1.54) is 6.20 Å². The van der Waals surface area contributed by atoms with Crippen LogP contribution in [-0.2, 0) is 0 Å². The molecule has 0 aliphatic carbocycles. The van der Waals surface area contributed by atoms with Crippen LogP contribution in [0.2, 0.25) is 5.02 Å². The standard InChI is InChI=1S/C17H14ClN3OS/c1-23-14-4-2-3-13(9-14)20-17(22)15-10-19-21-16(15)11-5-7-12(18)8-6-11/h2-10H,1H3,(H,19,21)(H,20,22). The van der Waals surface area contributed by atoms with Crippen LogP contribution >= 0.6 is 23.4 Å². The molecule has 0 saturated carbocycles. The summed E-state index contributed by atoms with van der Waals surface area (Å²) in [5.41, 5.74) is 2.77. The Morgan fingerprint density at radius 3 is 2.74 bits per heavy atom. The van der Waals surface area contributed by atoms with E-state index in [1.807, 2.05) is 42.7 Å². The molecule has 0 aliphatic rings. The normalized spacial score (nSPS) is 10.5. The highest BCUT2D eigenvalue weighted by molar-refractivity contribution is 7.98. The first-order chi connectivity index (χ1) is 11.2. The molecule has 2 N–H and O–H groups in total. The largest absolute Gasteiger partial charge is 0.322 e. The highest BCUT2D eigenvalue weighted by Gasteiger charge is 2.15. The van der Waals surface area contributed by atoms with Gasteiger partial charge in [-0.15, -0.1) is 11.8 Å². The van der Waals surface area contributed by atoms with Crippen molar-refractivity contribution in [1.29, 1.82) is 0 Å². The number of hydrogen-bond acceptors (Lipinski definition) is 3. The Bertz CT molecular complexity index is 830. The van der Waals surface area contributed by atoms with Gasteiger partial charge in [-0.2, -0.15) is 5.10 Å². The Morgan fingerprint density at radius 1 is 1.22 bits per heavy atom. The Hall–Kier alpha value is -2.24. The zero-order valence-electron chi connectivity index (χ0n) is 12.3. The maximum Gasteiger partial charge on any atom is 0.259 e. The molecule has 0 saturated heterocycles. The fourth-order valence-corrected chi connectivity index (χ4v) is 2.78. The van der Waals surface area contributed by atoms with Gasteiger partial charge in [-0.05, 0) is 36.6 Å². The fourth-order valence-electron chi connectivity index (χ4n) is 2.19. The summed E-state index contributed by atoms with van der Waals surface area (Å²) in [6.45, 7) is 0. The molecule has 0 fully saturated rings. The molecule has 1 aromatic heterocycles. The first kappa shape index (κ1) is 15.6. The highest BCUT2D eigenvalue weighted by atomic mass is 35.5. The van der Waals surface area contributed by atoms with Crippen molar-refractivity contribution in [2.75, 3.05) is 11.6 Å². The van der Waals surface area contributed by atoms with Crippen molar-refractivity contribution in [3.63, 3.8) is 0 Å². The second-order valence-corrected chi connectivity index (χ2v) is 6.17. The van der Waals surface area contributed by atoms with Crippen molar-refractivity contribution in [3.05, 3.63) is 65.3 Å². The number of rotatable bonds is 4. The Labute approximate surface area is 143 Å². The van der Waals surface area contributed by atoms with Gasteiger partial charge in [-0.1, -0.05) is 29.8 Å². The van der Waals surface area contributed by atoms with Gasteiger partial charge in [0.05, 0.1) is 17.5 Å². The van der Waals surface area contributed by atoms with Crippen LogP contribution in [0.4, 0.5) is 5.69 Å². The van der Waals surface area contributed by atoms with Crippen molar-refractivity contribution >= 4 is 35.0 Å². The van der Waals surface area contributed by atoms with Crippen LogP contribution in [0.5, 0.6) is 0 Å². The fraction of sp³-hybridized carbons (Fsp3) is 0.0588. The molecule has 0 radical (unpaired) electrons. The maximum atomic E-state index is 12.5. The summed E-state index contributed by atoms with van der Waals surface area (Å²) in [6.07, 6.45) is 3.52. The van der Waals surface area contributed by atoms with E-state index in [2.05, 4.69) is 15.5 Å². The van der Waals surface area contributed by atoms with Crippen LogP contribution in [0.25, 0.3) is 11.3 Å². The van der Waals surface area contributed by atoms with Gasteiger partial charge < -0.3 is 5.32 Å². The Kier molecular flexibility index (Phi) is 4.69. The van der Waals surface area contributed by atoms with Crippen LogP contribution in [0, 0.1) is 0 Å². The molecule has 3 aromatic rings. The van der Waals surface area contributed by atoms with Gasteiger partial charge >= 0.3 is 0 Å². The first-order valence-corrected chi connectivity index (χ1v) is 8.52. The summed E-state index contributed by atoms with van der Waals surface area (Å²) >= 11 is 7.53. The number of benzene rings is 2. The summed E-state index contributed by atoms with van der Waals surface area (Å²) in [5.74, 6) is -0.207. The third kappa shape index (κ3) is 3.57. The molecule has 0 unspecified atom stereocenters. The molecule has 23 heavy (non-hydrogen) atoms. The molecule has 0 aliphatic heterocycles. The summed E-state index contributed by atoms with van der Waals surface area (Å²) in [5, 5.41) is 10.4. The van der Waals surface area contributed by atoms with Crippen molar-refractivity contribution in [2.24, 2.45) is 0 Å². The second-order valence-electron chi connectivity index (χ2n) is 4.85. The molecule has 116 valence electrons. The zero-order valence-corrected chi connectivity index (χ0v) is 13.9. The van der Waals surface area contributed by atoms with Crippen molar-refractivity contribution in [1.82, 2.24) is 10.2 Å². The number of carbonyl (C=O) groups excluding carboxylic acids is 1. The zero-order chi connectivity index (χ0) is 16.2. The second kappa shape index (κ2) is 6.89. The molecule has 4 nitrogen and oxygen atoms in total. The first-order valence-electron chi connectivity index (χ1n) is 6.92. The van der Waals surface area contributed by atoms with Gasteiger partial charge in [0.15, 0.2) is 0 Å². The number of anilines is 1. The molecule has 2 aromatic carbocycles. The van der Waals surface area contributed by atoms with Crippen LogP contribution in [0.1, 0.15) is 10.4 Å². The van der Waals surface area contributed by atoms with Gasteiger partial charge in [0.25, 0.3) is 5.91 Å². The van der Waals surface area contributed by atoms with Crippen LogP contribution in [-0.4, -0.2) is 22.4 Å². The van der Waals surface area contributed by atoms with E-state index in [0.29, 0.717) is 16.3 Å². The van der Waals surface area contributed by atoms with Crippen molar-refractivity contribution < 1.29 is 4.79 Å². The summed E-state index contributed by atoms with van der Waals surface area (Å²) in [6, 6.07) is 15.0. The Balaban J connectivity index is 1.86. The minimum atomic E-state index is -0.207. The Morgan fingerprint density at radius 2 is 2.00 bits per heavy atom. The number of thioether (sulfide) groups is 1. The summed E-state index contributed by atoms with van der Waals surface area (Å²) in [4.78, 5) is 13.6. The molecule has 0 spiro atoms. The number of nitrogens with zero attached hydrogens (tertiary/aromatic N) is 1. The minimum absolute atomic E-state index is 0.207. The number of H-pyrrole nitrogens is 1. The minimum Gasteiger partial charge on any atom is -0.322 e. The van der Waals surface area contributed by atoms with E-state index in [4.69, 9.17) is 11.6 Å². The molecule has 6 heteroatoms. The number of amides is 1. The number of aromatic nitrogens is 2. The summed E-state index contributed by atoms with van der Waals surface area (Å²) < 4.78 is 0. The van der Waals surface area contributed by atoms with E-state index < -0.39 is 0 Å². The molecular formula is C17H14ClN3OS. The average Bonchev–Trinajstić information content (AvgIpc) is 3.05. The smallest absolute Gasteiger partial charge is 0.259 e. The molecular weight excluding hydrogens is 330 g/mol. The lowest BCUT2D eigenvalue weighted by atomic mass is 10.1. The number of carbonyl (C=O) groups is 1. The molecule has 3 rings (SSSR count). The maximum absolute atomic E-state index is 12.5. The van der Waals surface area contributed by atoms with E-state index in [0.717, 1.165) is 16.1 Å². The predicted octanol–water partition coefficient (Wildman–Crippen LogP) is 4.70. The molecule has 0 bridgehead atoms. The lowest BCUT2D eigenvalue weighted by Crippen LogP contribution is -2.12. The van der Waals surface area contributed by atoms with Gasteiger partial charge in [-0.25, -0.2) is 0 Å². The monoisotopic (exact) mass is 343 g/mol. The van der Waals surface area contributed by atoms with Crippen molar-refractivity contribution in [3.8, 4) is 11.3 Å². The predicted molar refractivity (Wildman–Crippen MR) is 95.2 cm³/mol. The summed E-state index contributed by atoms with van der Waals surface area (Å²) in [7, 11) is 0. The van der Waals surface area contributed by atoms with Gasteiger partial charge in [0.2, 0.25) is 0 Å². The topological polar surface area (TPSA) is 57.8 Å². The SMILES string of the molecule is CSc1cccc(NC(=O)c2cn[nH]c2-c2ccc(Cl)cc2)c1. The van der Waals surface area contributed by atoms with E-state index >= 15 is 0 Å². The molecule has 1 amide bonds. The van der Waals surface area contributed by atoms with E-state index in [1.54, 1.807) is 23.9 Å². The van der Waals surface area contributed by atoms with E-state index in [-0.39, 0.29) is 5.91 Å². The van der Waals surface area contributed by atoms with Gasteiger partial charge in [-0.3, -0.25) is 9.89 Å². The lowest BCUT2D eigenvalue weighted by Gasteiger charge is -2.07.